The molecule has 0 bridgehead atoms. The van der Waals surface area contributed by atoms with Gasteiger partial charge in [0.2, 0.25) is 0 Å². The van der Waals surface area contributed by atoms with Crippen LogP contribution in [0, 0.1) is 5.92 Å². The summed E-state index contributed by atoms with van der Waals surface area (Å²) in [7, 11) is 0. The first-order valence-electron chi connectivity index (χ1n) is 14.8. The van der Waals surface area contributed by atoms with Crippen molar-refractivity contribution < 1.29 is 0 Å². The van der Waals surface area contributed by atoms with Crippen molar-refractivity contribution in [2.75, 3.05) is 0 Å². The summed E-state index contributed by atoms with van der Waals surface area (Å²) in [4.78, 5) is 51.1. The minimum Gasteiger partial charge on any atom is -0.289 e. The molecule has 0 saturated carbocycles. The van der Waals surface area contributed by atoms with Gasteiger partial charge in [-0.25, -0.2) is 0 Å². The van der Waals surface area contributed by atoms with Crippen LogP contribution in [0.5, 0.6) is 0 Å². The monoisotopic (exact) mass is 507 g/mol. The molecule has 0 radical (unpaired) electrons. The van der Waals surface area contributed by atoms with Crippen LogP contribution in [0.1, 0.15) is 117 Å². The summed E-state index contributed by atoms with van der Waals surface area (Å²) in [6.45, 7) is 4.88. The van der Waals surface area contributed by atoms with E-state index in [4.69, 9.17) is 0 Å². The lowest BCUT2D eigenvalue weighted by atomic mass is 9.94. The summed E-state index contributed by atoms with van der Waals surface area (Å²) in [5, 5.41) is 0.949. The molecule has 5 heteroatoms. The van der Waals surface area contributed by atoms with Gasteiger partial charge in [-0.1, -0.05) is 104 Å². The minimum absolute atomic E-state index is 0.219. The Hall–Kier alpha value is -2.56. The third-order valence-electron chi connectivity index (χ3n) is 7.90. The standard InChI is InChI=1S/C32H45NO4/c1-3-5-7-9-11-12-14-16-18-24(17-15-13-10-8-6-4-2)23-33-31(36)27-21-25-26(22-28(27)32(33)37)30(35)20-19-29(25)34/h19-22,24H,3-18,23H2,1-2H3. The van der Waals surface area contributed by atoms with Crippen molar-refractivity contribution in [2.45, 2.75) is 123 Å². The highest BCUT2D eigenvalue weighted by atomic mass is 16.2. The highest BCUT2D eigenvalue weighted by Crippen LogP contribution is 2.22. The van der Waals surface area contributed by atoms with E-state index < -0.39 is 0 Å². The molecule has 0 fully saturated rings. The summed E-state index contributed by atoms with van der Waals surface area (Å²) in [6.07, 6.45) is 19.5. The van der Waals surface area contributed by atoms with E-state index in [2.05, 4.69) is 13.8 Å². The van der Waals surface area contributed by atoms with Gasteiger partial charge in [-0.05, 0) is 43.0 Å². The zero-order valence-corrected chi connectivity index (χ0v) is 23.0. The zero-order chi connectivity index (χ0) is 26.6. The highest BCUT2D eigenvalue weighted by molar-refractivity contribution is 5.97. The lowest BCUT2D eigenvalue weighted by molar-refractivity contribution is 0.351. The van der Waals surface area contributed by atoms with Gasteiger partial charge in [-0.2, -0.15) is 0 Å². The Kier molecular flexibility index (Phi) is 11.8. The summed E-state index contributed by atoms with van der Waals surface area (Å²) >= 11 is 0. The molecule has 0 amide bonds. The van der Waals surface area contributed by atoms with Gasteiger partial charge in [0, 0.05) is 17.3 Å². The fraction of sp³-hybridized carbons (Fsp3) is 0.625. The summed E-state index contributed by atoms with van der Waals surface area (Å²) in [5.74, 6) is 0.285. The first-order chi connectivity index (χ1) is 18.0. The molecule has 0 saturated heterocycles. The molecular formula is C32H45NO4. The van der Waals surface area contributed by atoms with Crippen molar-refractivity contribution in [3.63, 3.8) is 0 Å². The van der Waals surface area contributed by atoms with E-state index in [-0.39, 0.29) is 49.4 Å². The third-order valence-corrected chi connectivity index (χ3v) is 7.90. The molecule has 0 aliphatic heterocycles. The number of rotatable bonds is 18. The van der Waals surface area contributed by atoms with Crippen molar-refractivity contribution >= 4 is 21.5 Å². The van der Waals surface area contributed by atoms with Gasteiger partial charge in [0.25, 0.3) is 11.1 Å². The Morgan fingerprint density at radius 2 is 0.919 bits per heavy atom. The largest absolute Gasteiger partial charge is 0.289 e. The van der Waals surface area contributed by atoms with Crippen LogP contribution in [0.25, 0.3) is 21.5 Å². The first kappa shape index (κ1) is 29.0. The van der Waals surface area contributed by atoms with Crippen LogP contribution >= 0.6 is 0 Å². The maximum absolute atomic E-state index is 13.3. The predicted molar refractivity (Wildman–Crippen MR) is 156 cm³/mol. The van der Waals surface area contributed by atoms with E-state index >= 15 is 0 Å². The Labute approximate surface area is 220 Å². The van der Waals surface area contributed by atoms with Crippen LogP contribution in [0.15, 0.2) is 43.4 Å². The number of aromatic nitrogens is 1. The second-order valence-electron chi connectivity index (χ2n) is 10.9. The zero-order valence-electron chi connectivity index (χ0n) is 23.0. The number of hydrogen-bond acceptors (Lipinski definition) is 4. The van der Waals surface area contributed by atoms with Gasteiger partial charge in [-0.3, -0.25) is 23.7 Å². The van der Waals surface area contributed by atoms with Crippen LogP contribution in [0.3, 0.4) is 0 Å². The molecule has 0 aliphatic rings. The van der Waals surface area contributed by atoms with Gasteiger partial charge in [0.05, 0.1) is 10.8 Å². The maximum Gasteiger partial charge on any atom is 0.261 e. The van der Waals surface area contributed by atoms with Crippen LogP contribution in [-0.2, 0) is 6.54 Å². The third kappa shape index (κ3) is 7.96. The van der Waals surface area contributed by atoms with Gasteiger partial charge >= 0.3 is 0 Å². The topological polar surface area (TPSA) is 73.2 Å². The average Bonchev–Trinajstić information content (AvgIpc) is 3.12. The van der Waals surface area contributed by atoms with Crippen molar-refractivity contribution in [3.8, 4) is 0 Å². The van der Waals surface area contributed by atoms with Crippen LogP contribution in [-0.4, -0.2) is 4.57 Å². The van der Waals surface area contributed by atoms with E-state index in [0.717, 1.165) is 25.7 Å². The molecule has 1 unspecified atom stereocenters. The van der Waals surface area contributed by atoms with Crippen LogP contribution < -0.4 is 22.0 Å². The molecule has 202 valence electrons. The summed E-state index contributed by atoms with van der Waals surface area (Å²) in [6, 6.07) is 5.37. The lowest BCUT2D eigenvalue weighted by Gasteiger charge is -2.17. The maximum atomic E-state index is 13.3. The second-order valence-corrected chi connectivity index (χ2v) is 10.9. The Balaban J connectivity index is 1.72. The van der Waals surface area contributed by atoms with Crippen LogP contribution in [0.4, 0.5) is 0 Å². The van der Waals surface area contributed by atoms with E-state index in [1.807, 2.05) is 0 Å². The van der Waals surface area contributed by atoms with Crippen molar-refractivity contribution in [3.05, 3.63) is 65.4 Å². The van der Waals surface area contributed by atoms with Gasteiger partial charge < -0.3 is 0 Å². The van der Waals surface area contributed by atoms with E-state index in [1.165, 1.54) is 106 Å². The molecule has 5 nitrogen and oxygen atoms in total. The Bertz CT molecular complexity index is 1250. The van der Waals surface area contributed by atoms with Gasteiger partial charge in [-0.15, -0.1) is 0 Å². The van der Waals surface area contributed by atoms with Gasteiger partial charge in [0.1, 0.15) is 0 Å². The lowest BCUT2D eigenvalue weighted by Crippen LogP contribution is -2.29. The quantitative estimate of drug-likeness (QED) is 0.174. The number of nitrogens with zero attached hydrogens (tertiary/aromatic N) is 1. The molecule has 0 aliphatic carbocycles. The Morgan fingerprint density at radius 1 is 0.541 bits per heavy atom. The SMILES string of the molecule is CCCCCCCCCCC(CCCCCCCC)Cn1c(=O)c2cc3c(=O)ccc(=O)c3cc2c1=O. The molecule has 2 aromatic carbocycles. The molecule has 1 aromatic heterocycles. The van der Waals surface area contributed by atoms with Crippen molar-refractivity contribution in [2.24, 2.45) is 5.92 Å². The Morgan fingerprint density at radius 3 is 1.32 bits per heavy atom. The number of benzene rings is 2. The molecule has 0 N–H and O–H groups in total. The molecule has 37 heavy (non-hydrogen) atoms. The summed E-state index contributed by atoms with van der Waals surface area (Å²) in [5.41, 5.74) is -1.26. The van der Waals surface area contributed by atoms with Crippen molar-refractivity contribution in [1.29, 1.82) is 0 Å². The number of unbranched alkanes of at least 4 members (excludes halogenated alkanes) is 12. The molecule has 3 aromatic rings. The van der Waals surface area contributed by atoms with E-state index in [9.17, 15) is 19.2 Å². The first-order valence-corrected chi connectivity index (χ1v) is 14.8. The molecular weight excluding hydrogens is 462 g/mol. The van der Waals surface area contributed by atoms with Crippen molar-refractivity contribution in [1.82, 2.24) is 4.57 Å². The molecule has 1 heterocycles. The van der Waals surface area contributed by atoms with Crippen LogP contribution in [0.2, 0.25) is 0 Å². The smallest absolute Gasteiger partial charge is 0.261 e. The number of fused-ring (bicyclic) bond motifs is 2. The van der Waals surface area contributed by atoms with E-state index in [1.54, 1.807) is 0 Å². The average molecular weight is 508 g/mol. The normalized spacial score (nSPS) is 12.6. The summed E-state index contributed by atoms with van der Waals surface area (Å²) < 4.78 is 1.37. The number of hydrogen-bond donors (Lipinski definition) is 0. The van der Waals surface area contributed by atoms with E-state index in [0.29, 0.717) is 6.54 Å². The predicted octanol–water partition coefficient (Wildman–Crippen LogP) is 7.01. The van der Waals surface area contributed by atoms with Gasteiger partial charge in [0.15, 0.2) is 10.9 Å². The minimum atomic E-state index is -0.332. The molecule has 3 rings (SSSR count). The molecule has 1 atom stereocenters. The fourth-order valence-electron chi connectivity index (χ4n) is 5.61. The molecule has 0 spiro atoms. The second kappa shape index (κ2) is 15.0. The fourth-order valence-corrected chi connectivity index (χ4v) is 5.61. The highest BCUT2D eigenvalue weighted by Gasteiger charge is 2.19.